The molecule has 2 N–H and O–H groups in total. The Morgan fingerprint density at radius 2 is 1.97 bits per heavy atom. The van der Waals surface area contributed by atoms with Gasteiger partial charge in [-0.2, -0.15) is 8.42 Å². The minimum Gasteiger partial charge on any atom is -0.373 e. The molecule has 3 saturated heterocycles. The van der Waals surface area contributed by atoms with Crippen LogP contribution >= 0.6 is 0 Å². The summed E-state index contributed by atoms with van der Waals surface area (Å²) in [5.41, 5.74) is 4.35. The SMILES string of the molecule is O=C1CC2OCC=C3CN4CC[C@]56c7ccccc7N1C5[C@H]2[C@H]3C[C@H]46.O=S(=O)(O)O. The highest BCUT2D eigenvalue weighted by molar-refractivity contribution is 7.79. The number of benzene rings is 1. The maximum absolute atomic E-state index is 13.2. The third kappa shape index (κ3) is 2.41. The Labute approximate surface area is 175 Å². The highest BCUT2D eigenvalue weighted by atomic mass is 32.3. The number of carbonyl (C=O) groups excluding carboxylic acids is 1. The topological polar surface area (TPSA) is 107 Å². The molecule has 1 aliphatic carbocycles. The van der Waals surface area contributed by atoms with E-state index < -0.39 is 10.4 Å². The Morgan fingerprint density at radius 3 is 2.77 bits per heavy atom. The molecule has 9 heteroatoms. The number of anilines is 1. The number of amides is 1. The number of hydrogen-bond acceptors (Lipinski definition) is 5. The smallest absolute Gasteiger partial charge is 0.373 e. The standard InChI is InChI=1S/C21H22N2O2.H2O4S/c24-18-10-16-19-13-9-17-21(6-7-22(17)11-12(13)5-8-25-16)14-3-1-2-4-15(14)23(18)20(19)21;1-5(2,3)4/h1-5,13,16-17,19-20H,6-11H2;(H2,1,2,3,4)/t13-,16?,17-,19-,20?,21+;/m0./s1. The number of ether oxygens (including phenoxy) is 1. The normalized spacial score (nSPS) is 40.2. The molecular formula is C21H24N2O6S. The van der Waals surface area contributed by atoms with Crippen LogP contribution in [0.5, 0.6) is 0 Å². The van der Waals surface area contributed by atoms with Gasteiger partial charge in [-0.3, -0.25) is 18.8 Å². The third-order valence-corrected chi connectivity index (χ3v) is 8.22. The second-order valence-corrected chi connectivity index (χ2v) is 10.1. The van der Waals surface area contributed by atoms with Crippen LogP contribution < -0.4 is 4.90 Å². The van der Waals surface area contributed by atoms with Crippen molar-refractivity contribution in [2.45, 2.75) is 42.9 Å². The van der Waals surface area contributed by atoms with Crippen molar-refractivity contribution in [3.63, 3.8) is 0 Å². The third-order valence-electron chi connectivity index (χ3n) is 8.22. The lowest BCUT2D eigenvalue weighted by molar-refractivity contribution is -0.132. The second kappa shape index (κ2) is 6.14. The van der Waals surface area contributed by atoms with Crippen molar-refractivity contribution in [2.24, 2.45) is 11.8 Å². The van der Waals surface area contributed by atoms with Gasteiger partial charge in [-0.1, -0.05) is 29.8 Å². The molecule has 30 heavy (non-hydrogen) atoms. The summed E-state index contributed by atoms with van der Waals surface area (Å²) in [6.45, 7) is 2.97. The quantitative estimate of drug-likeness (QED) is 0.472. The molecule has 1 spiro atoms. The van der Waals surface area contributed by atoms with Gasteiger partial charge >= 0.3 is 10.4 Å². The molecule has 1 aromatic carbocycles. The first-order chi connectivity index (χ1) is 14.3. The van der Waals surface area contributed by atoms with Gasteiger partial charge in [-0.15, -0.1) is 0 Å². The molecule has 1 amide bonds. The Bertz CT molecular complexity index is 1060. The van der Waals surface area contributed by atoms with Gasteiger partial charge < -0.3 is 9.64 Å². The minimum atomic E-state index is -4.67. The van der Waals surface area contributed by atoms with Crippen LogP contribution in [0.2, 0.25) is 0 Å². The Morgan fingerprint density at radius 1 is 1.20 bits per heavy atom. The molecule has 4 fully saturated rings. The highest BCUT2D eigenvalue weighted by Crippen LogP contribution is 2.65. The first-order valence-corrected chi connectivity index (χ1v) is 11.8. The van der Waals surface area contributed by atoms with Gasteiger partial charge in [0.1, 0.15) is 0 Å². The van der Waals surface area contributed by atoms with Gasteiger partial charge in [0, 0.05) is 29.6 Å². The van der Waals surface area contributed by atoms with Crippen molar-refractivity contribution in [3.05, 3.63) is 41.5 Å². The monoisotopic (exact) mass is 432 g/mol. The lowest BCUT2D eigenvalue weighted by atomic mass is 9.53. The van der Waals surface area contributed by atoms with Crippen LogP contribution in [0.15, 0.2) is 35.9 Å². The zero-order valence-corrected chi connectivity index (χ0v) is 17.2. The first kappa shape index (κ1) is 18.9. The molecule has 2 unspecified atom stereocenters. The van der Waals surface area contributed by atoms with E-state index in [-0.39, 0.29) is 17.4 Å². The molecule has 1 saturated carbocycles. The molecule has 5 heterocycles. The lowest BCUT2D eigenvalue weighted by Gasteiger charge is -2.58. The van der Waals surface area contributed by atoms with E-state index in [0.717, 1.165) is 6.54 Å². The average molecular weight is 432 g/mol. The van der Waals surface area contributed by atoms with Crippen LogP contribution in [-0.2, 0) is 25.3 Å². The van der Waals surface area contributed by atoms with Crippen molar-refractivity contribution < 1.29 is 27.1 Å². The van der Waals surface area contributed by atoms with Gasteiger partial charge in [0.05, 0.1) is 25.2 Å². The molecule has 6 atom stereocenters. The van der Waals surface area contributed by atoms with Crippen molar-refractivity contribution in [2.75, 3.05) is 24.6 Å². The van der Waals surface area contributed by atoms with E-state index in [9.17, 15) is 4.79 Å². The fraction of sp³-hybridized carbons (Fsp3) is 0.571. The average Bonchev–Trinajstić information content (AvgIpc) is 3.15. The number of rotatable bonds is 0. The van der Waals surface area contributed by atoms with E-state index in [1.807, 2.05) is 0 Å². The van der Waals surface area contributed by atoms with E-state index in [0.29, 0.717) is 36.9 Å². The number of fused-ring (bicyclic) bond motifs is 2. The lowest BCUT2D eigenvalue weighted by Crippen LogP contribution is -2.69. The molecule has 8 nitrogen and oxygen atoms in total. The number of piperidine rings is 2. The van der Waals surface area contributed by atoms with Gasteiger partial charge in [0.2, 0.25) is 5.91 Å². The van der Waals surface area contributed by atoms with Gasteiger partial charge in [0.15, 0.2) is 0 Å². The van der Waals surface area contributed by atoms with Crippen LogP contribution in [0.25, 0.3) is 0 Å². The number of carbonyl (C=O) groups is 1. The van der Waals surface area contributed by atoms with E-state index in [2.05, 4.69) is 40.1 Å². The summed E-state index contributed by atoms with van der Waals surface area (Å²) in [6.07, 6.45) is 5.43. The summed E-state index contributed by atoms with van der Waals surface area (Å²) in [5.74, 6) is 1.35. The summed E-state index contributed by atoms with van der Waals surface area (Å²) in [7, 11) is -4.67. The number of hydrogen-bond donors (Lipinski definition) is 2. The molecule has 7 rings (SSSR count). The van der Waals surface area contributed by atoms with Crippen LogP contribution in [-0.4, -0.2) is 66.2 Å². The Balaban J connectivity index is 0.000000318. The number of para-hydroxylation sites is 1. The predicted molar refractivity (Wildman–Crippen MR) is 108 cm³/mol. The van der Waals surface area contributed by atoms with Crippen molar-refractivity contribution in [1.29, 1.82) is 0 Å². The molecule has 1 aromatic rings. The van der Waals surface area contributed by atoms with Crippen molar-refractivity contribution in [1.82, 2.24) is 4.90 Å². The van der Waals surface area contributed by atoms with E-state index in [1.54, 1.807) is 5.57 Å². The zero-order chi connectivity index (χ0) is 20.8. The second-order valence-electron chi connectivity index (χ2n) is 9.22. The molecule has 0 radical (unpaired) electrons. The van der Waals surface area contributed by atoms with E-state index in [1.165, 1.54) is 30.6 Å². The molecule has 2 bridgehead atoms. The first-order valence-electron chi connectivity index (χ1n) is 10.4. The Kier molecular flexibility index (Phi) is 3.88. The van der Waals surface area contributed by atoms with E-state index >= 15 is 0 Å². The largest absolute Gasteiger partial charge is 0.394 e. The summed E-state index contributed by atoms with van der Waals surface area (Å²) in [6, 6.07) is 9.64. The fourth-order valence-corrected chi connectivity index (χ4v) is 7.51. The van der Waals surface area contributed by atoms with Crippen molar-refractivity contribution in [3.8, 4) is 0 Å². The number of nitrogens with zero attached hydrogens (tertiary/aromatic N) is 2. The summed E-state index contributed by atoms with van der Waals surface area (Å²) in [5, 5.41) is 0. The maximum Gasteiger partial charge on any atom is 0.394 e. The van der Waals surface area contributed by atoms with Crippen LogP contribution in [0, 0.1) is 11.8 Å². The Hall–Kier alpha value is -1.78. The van der Waals surface area contributed by atoms with E-state index in [4.69, 9.17) is 22.3 Å². The molecule has 160 valence electrons. The highest BCUT2D eigenvalue weighted by Gasteiger charge is 2.70. The van der Waals surface area contributed by atoms with Crippen LogP contribution in [0.4, 0.5) is 5.69 Å². The maximum atomic E-state index is 13.2. The van der Waals surface area contributed by atoms with Gasteiger partial charge in [-0.05, 0) is 36.9 Å². The molecule has 0 aromatic heterocycles. The van der Waals surface area contributed by atoms with Crippen LogP contribution in [0.1, 0.15) is 24.8 Å². The van der Waals surface area contributed by atoms with Gasteiger partial charge in [0.25, 0.3) is 0 Å². The summed E-state index contributed by atoms with van der Waals surface area (Å²) in [4.78, 5) is 18.1. The molecule has 6 aliphatic rings. The van der Waals surface area contributed by atoms with Gasteiger partial charge in [-0.25, -0.2) is 0 Å². The zero-order valence-electron chi connectivity index (χ0n) is 16.3. The fourth-order valence-electron chi connectivity index (χ4n) is 7.51. The van der Waals surface area contributed by atoms with Crippen molar-refractivity contribution >= 4 is 22.0 Å². The summed E-state index contributed by atoms with van der Waals surface area (Å²) >= 11 is 0. The molecular weight excluding hydrogens is 408 g/mol. The summed E-state index contributed by atoms with van der Waals surface area (Å²) < 4.78 is 37.8. The minimum absolute atomic E-state index is 0.104. The predicted octanol–water partition coefficient (Wildman–Crippen LogP) is 1.44. The molecule has 5 aliphatic heterocycles. The van der Waals surface area contributed by atoms with Crippen LogP contribution in [0.3, 0.4) is 0 Å².